The van der Waals surface area contributed by atoms with E-state index in [0.717, 1.165) is 17.3 Å². The fraction of sp³-hybridized carbons (Fsp3) is 0.500. The van der Waals surface area contributed by atoms with Crippen LogP contribution >= 0.6 is 15.9 Å². The van der Waals surface area contributed by atoms with Crippen molar-refractivity contribution in [1.29, 1.82) is 0 Å². The van der Waals surface area contributed by atoms with E-state index in [4.69, 9.17) is 9.15 Å². The molecule has 1 aromatic carbocycles. The first-order valence-corrected chi connectivity index (χ1v) is 10.3. The van der Waals surface area contributed by atoms with E-state index in [9.17, 15) is 8.42 Å². The molecular formula is C16H20BrN3O4S. The van der Waals surface area contributed by atoms with Crippen molar-refractivity contribution in [3.05, 3.63) is 40.5 Å². The minimum Gasteiger partial charge on any atom is -0.423 e. The van der Waals surface area contributed by atoms with Gasteiger partial charge in [-0.25, -0.2) is 8.42 Å². The smallest absolute Gasteiger partial charge is 0.243 e. The minimum atomic E-state index is -3.73. The fourth-order valence-corrected chi connectivity index (χ4v) is 4.32. The average molecular weight is 430 g/mol. The molecule has 2 aromatic rings. The van der Waals surface area contributed by atoms with Crippen LogP contribution < -0.4 is 0 Å². The summed E-state index contributed by atoms with van der Waals surface area (Å²) < 4.78 is 39.1. The van der Waals surface area contributed by atoms with Crippen LogP contribution in [-0.4, -0.2) is 43.2 Å². The highest BCUT2D eigenvalue weighted by Gasteiger charge is 2.35. The first-order chi connectivity index (χ1) is 11.9. The Morgan fingerprint density at radius 1 is 1.32 bits per heavy atom. The summed E-state index contributed by atoms with van der Waals surface area (Å²) in [6.07, 6.45) is 2.08. The second-order valence-electron chi connectivity index (χ2n) is 5.99. The van der Waals surface area contributed by atoms with Gasteiger partial charge in [-0.3, -0.25) is 0 Å². The van der Waals surface area contributed by atoms with Crippen molar-refractivity contribution < 1.29 is 17.6 Å². The second kappa shape index (κ2) is 7.53. The molecule has 0 radical (unpaired) electrons. The zero-order valence-electron chi connectivity index (χ0n) is 14.1. The van der Waals surface area contributed by atoms with Crippen molar-refractivity contribution in [3.63, 3.8) is 0 Å². The maximum absolute atomic E-state index is 13.1. The van der Waals surface area contributed by atoms with Crippen LogP contribution in [0.4, 0.5) is 0 Å². The SMILES string of the molecule is COCCN(C(C)c1nnc(C2CC2)o1)S(=O)(=O)c1ccc(Br)cc1. The molecule has 1 aliphatic rings. The van der Waals surface area contributed by atoms with Gasteiger partial charge in [0.15, 0.2) is 0 Å². The van der Waals surface area contributed by atoms with E-state index in [2.05, 4.69) is 26.1 Å². The van der Waals surface area contributed by atoms with Gasteiger partial charge in [-0.15, -0.1) is 10.2 Å². The van der Waals surface area contributed by atoms with Crippen molar-refractivity contribution in [2.45, 2.75) is 36.6 Å². The number of hydrogen-bond donors (Lipinski definition) is 0. The predicted molar refractivity (Wildman–Crippen MR) is 94.6 cm³/mol. The van der Waals surface area contributed by atoms with Gasteiger partial charge in [0.1, 0.15) is 6.04 Å². The van der Waals surface area contributed by atoms with Gasteiger partial charge in [-0.1, -0.05) is 15.9 Å². The minimum absolute atomic E-state index is 0.192. The molecule has 1 fully saturated rings. The van der Waals surface area contributed by atoms with Crippen LogP contribution in [-0.2, 0) is 14.8 Å². The molecule has 1 unspecified atom stereocenters. The van der Waals surface area contributed by atoms with E-state index >= 15 is 0 Å². The molecule has 136 valence electrons. The molecule has 9 heteroatoms. The highest BCUT2D eigenvalue weighted by molar-refractivity contribution is 9.10. The number of rotatable bonds is 8. The Morgan fingerprint density at radius 2 is 2.00 bits per heavy atom. The quantitative estimate of drug-likeness (QED) is 0.640. The van der Waals surface area contributed by atoms with Crippen molar-refractivity contribution in [2.75, 3.05) is 20.3 Å². The van der Waals surface area contributed by atoms with Crippen LogP contribution in [0, 0.1) is 0 Å². The van der Waals surface area contributed by atoms with E-state index < -0.39 is 16.1 Å². The molecule has 0 aliphatic heterocycles. The Morgan fingerprint density at radius 3 is 2.60 bits per heavy atom. The highest BCUT2D eigenvalue weighted by Crippen LogP contribution is 2.40. The summed E-state index contributed by atoms with van der Waals surface area (Å²) in [5.74, 6) is 1.22. The van der Waals surface area contributed by atoms with Gasteiger partial charge in [0.2, 0.25) is 21.8 Å². The number of aromatic nitrogens is 2. The molecule has 0 spiro atoms. The van der Waals surface area contributed by atoms with Crippen LogP contribution in [0.3, 0.4) is 0 Å². The summed E-state index contributed by atoms with van der Waals surface area (Å²) in [6, 6.07) is 5.95. The molecule has 1 saturated carbocycles. The standard InChI is InChI=1S/C16H20BrN3O4S/c1-11(15-18-19-16(24-15)12-3-4-12)20(9-10-23-2)25(21,22)14-7-5-13(17)6-8-14/h5-8,11-12H,3-4,9-10H2,1-2H3. The summed E-state index contributed by atoms with van der Waals surface area (Å²) in [4.78, 5) is 0.209. The predicted octanol–water partition coefficient (Wildman–Crippen LogP) is 3.11. The van der Waals surface area contributed by atoms with Gasteiger partial charge in [0.05, 0.1) is 11.5 Å². The Kier molecular flexibility index (Phi) is 5.57. The molecule has 0 bridgehead atoms. The first-order valence-electron chi connectivity index (χ1n) is 8.03. The molecule has 0 N–H and O–H groups in total. The van der Waals surface area contributed by atoms with Gasteiger partial charge < -0.3 is 9.15 Å². The largest absolute Gasteiger partial charge is 0.423 e. The number of sulfonamides is 1. The topological polar surface area (TPSA) is 85.5 Å². The Hall–Kier alpha value is -1.29. The maximum atomic E-state index is 13.1. The van der Waals surface area contributed by atoms with E-state index in [-0.39, 0.29) is 18.0 Å². The van der Waals surface area contributed by atoms with Crippen LogP contribution in [0.15, 0.2) is 38.1 Å². The monoisotopic (exact) mass is 429 g/mol. The summed E-state index contributed by atoms with van der Waals surface area (Å²) in [7, 11) is -2.19. The number of nitrogens with zero attached hydrogens (tertiary/aromatic N) is 3. The second-order valence-corrected chi connectivity index (χ2v) is 8.80. The molecule has 25 heavy (non-hydrogen) atoms. The maximum Gasteiger partial charge on any atom is 0.243 e. The van der Waals surface area contributed by atoms with E-state index in [0.29, 0.717) is 17.7 Å². The van der Waals surface area contributed by atoms with E-state index in [1.54, 1.807) is 31.2 Å². The van der Waals surface area contributed by atoms with Crippen molar-refractivity contribution >= 4 is 26.0 Å². The summed E-state index contributed by atoms with van der Waals surface area (Å²) in [5, 5.41) is 8.11. The third-order valence-corrected chi connectivity index (χ3v) is 6.62. The third-order valence-electron chi connectivity index (χ3n) is 4.11. The number of hydrogen-bond acceptors (Lipinski definition) is 6. The van der Waals surface area contributed by atoms with Crippen molar-refractivity contribution in [2.24, 2.45) is 0 Å². The van der Waals surface area contributed by atoms with Gasteiger partial charge in [0, 0.05) is 24.0 Å². The lowest BCUT2D eigenvalue weighted by Crippen LogP contribution is -2.36. The fourth-order valence-electron chi connectivity index (χ4n) is 2.48. The molecule has 0 amide bonds. The van der Waals surface area contributed by atoms with Crippen LogP contribution in [0.1, 0.15) is 43.5 Å². The lowest BCUT2D eigenvalue weighted by Gasteiger charge is -2.26. The zero-order valence-corrected chi connectivity index (χ0v) is 16.5. The Labute approximate surface area is 155 Å². The normalized spacial score (nSPS) is 16.3. The molecular weight excluding hydrogens is 410 g/mol. The number of benzene rings is 1. The summed E-state index contributed by atoms with van der Waals surface area (Å²) >= 11 is 3.32. The highest BCUT2D eigenvalue weighted by atomic mass is 79.9. The van der Waals surface area contributed by atoms with Gasteiger partial charge in [-0.05, 0) is 44.0 Å². The number of methoxy groups -OCH3 is 1. The van der Waals surface area contributed by atoms with E-state index in [1.165, 1.54) is 11.4 Å². The lowest BCUT2D eigenvalue weighted by atomic mass is 10.3. The molecule has 1 aliphatic carbocycles. The number of ether oxygens (including phenoxy) is 1. The first kappa shape index (κ1) is 18.5. The van der Waals surface area contributed by atoms with Crippen molar-refractivity contribution in [1.82, 2.24) is 14.5 Å². The van der Waals surface area contributed by atoms with Gasteiger partial charge >= 0.3 is 0 Å². The van der Waals surface area contributed by atoms with Crippen LogP contribution in [0.25, 0.3) is 0 Å². The summed E-state index contributed by atoms with van der Waals surface area (Å²) in [6.45, 7) is 2.21. The third kappa shape index (κ3) is 4.11. The van der Waals surface area contributed by atoms with Crippen LogP contribution in [0.5, 0.6) is 0 Å². The number of halogens is 1. The molecule has 1 aromatic heterocycles. The lowest BCUT2D eigenvalue weighted by molar-refractivity contribution is 0.162. The summed E-state index contributed by atoms with van der Waals surface area (Å²) in [5.41, 5.74) is 0. The molecule has 0 saturated heterocycles. The molecule has 1 heterocycles. The Bertz CT molecular complexity index is 818. The molecule has 3 rings (SSSR count). The van der Waals surface area contributed by atoms with E-state index in [1.807, 2.05) is 0 Å². The molecule has 1 atom stereocenters. The molecule has 7 nitrogen and oxygen atoms in total. The van der Waals surface area contributed by atoms with Gasteiger partial charge in [-0.2, -0.15) is 4.31 Å². The van der Waals surface area contributed by atoms with Crippen molar-refractivity contribution in [3.8, 4) is 0 Å². The average Bonchev–Trinajstić information content (AvgIpc) is 3.32. The zero-order chi connectivity index (χ0) is 18.0. The Balaban J connectivity index is 1.90. The van der Waals surface area contributed by atoms with Gasteiger partial charge in [0.25, 0.3) is 0 Å². The van der Waals surface area contributed by atoms with Crippen LogP contribution in [0.2, 0.25) is 0 Å².